The highest BCUT2D eigenvalue weighted by Crippen LogP contribution is 2.23. The normalized spacial score (nSPS) is 12.1. The standard InChI is InChI=1S/C8H12N4O4/c1-16-7(13)3-2-5(9)8-6(12(14)15)4-10-11-8/h4-5H,2-3,9H2,1H3,(H,10,11). The molecule has 0 amide bonds. The van der Waals surface area contributed by atoms with E-state index in [9.17, 15) is 14.9 Å². The number of aromatic amines is 1. The van der Waals surface area contributed by atoms with Gasteiger partial charge >= 0.3 is 11.7 Å². The van der Waals surface area contributed by atoms with E-state index in [4.69, 9.17) is 5.73 Å². The molecule has 0 aliphatic carbocycles. The smallest absolute Gasteiger partial charge is 0.311 e. The number of ether oxygens (including phenoxy) is 1. The van der Waals surface area contributed by atoms with Crippen molar-refractivity contribution in [2.24, 2.45) is 5.73 Å². The van der Waals surface area contributed by atoms with Crippen LogP contribution in [0.5, 0.6) is 0 Å². The Kier molecular flexibility index (Phi) is 3.95. The van der Waals surface area contributed by atoms with Gasteiger partial charge in [0.2, 0.25) is 0 Å². The molecule has 0 aliphatic heterocycles. The molecule has 1 heterocycles. The number of H-pyrrole nitrogens is 1. The summed E-state index contributed by atoms with van der Waals surface area (Å²) >= 11 is 0. The molecule has 0 bridgehead atoms. The molecule has 8 heteroatoms. The first kappa shape index (κ1) is 12.1. The average Bonchev–Trinajstić information content (AvgIpc) is 2.74. The molecule has 1 unspecified atom stereocenters. The van der Waals surface area contributed by atoms with Gasteiger partial charge in [-0.05, 0) is 6.42 Å². The van der Waals surface area contributed by atoms with Gasteiger partial charge < -0.3 is 10.5 Å². The van der Waals surface area contributed by atoms with Crippen LogP contribution >= 0.6 is 0 Å². The fourth-order valence-electron chi connectivity index (χ4n) is 1.23. The summed E-state index contributed by atoms with van der Waals surface area (Å²) in [5.74, 6) is -0.405. The van der Waals surface area contributed by atoms with Gasteiger partial charge in [-0.25, -0.2) is 0 Å². The molecule has 0 aliphatic rings. The Labute approximate surface area is 90.9 Å². The summed E-state index contributed by atoms with van der Waals surface area (Å²) in [4.78, 5) is 20.9. The van der Waals surface area contributed by atoms with E-state index in [0.29, 0.717) is 0 Å². The van der Waals surface area contributed by atoms with Crippen molar-refractivity contribution in [2.75, 3.05) is 7.11 Å². The second-order valence-corrected chi connectivity index (χ2v) is 3.15. The average molecular weight is 228 g/mol. The highest BCUT2D eigenvalue weighted by Gasteiger charge is 2.22. The van der Waals surface area contributed by atoms with Crippen molar-refractivity contribution in [3.63, 3.8) is 0 Å². The van der Waals surface area contributed by atoms with Gasteiger partial charge in [0.25, 0.3) is 0 Å². The number of carbonyl (C=O) groups is 1. The maximum atomic E-state index is 10.9. The summed E-state index contributed by atoms with van der Waals surface area (Å²) < 4.78 is 4.44. The van der Waals surface area contributed by atoms with Crippen LogP contribution in [0.15, 0.2) is 6.20 Å². The molecule has 0 aromatic carbocycles. The molecule has 0 fully saturated rings. The van der Waals surface area contributed by atoms with Crippen LogP contribution in [0, 0.1) is 10.1 Å². The molecule has 3 N–H and O–H groups in total. The molecule has 0 saturated heterocycles. The van der Waals surface area contributed by atoms with Crippen LogP contribution in [0.25, 0.3) is 0 Å². The van der Waals surface area contributed by atoms with Crippen LogP contribution < -0.4 is 5.73 Å². The SMILES string of the molecule is COC(=O)CCC(N)c1[nH]ncc1[N+](=O)[O-]. The number of nitrogens with zero attached hydrogens (tertiary/aromatic N) is 2. The number of methoxy groups -OCH3 is 1. The van der Waals surface area contributed by atoms with Crippen molar-refractivity contribution in [3.8, 4) is 0 Å². The van der Waals surface area contributed by atoms with Gasteiger partial charge in [-0.1, -0.05) is 0 Å². The third kappa shape index (κ3) is 2.76. The van der Waals surface area contributed by atoms with Crippen molar-refractivity contribution < 1.29 is 14.5 Å². The number of nitrogens with two attached hydrogens (primary N) is 1. The van der Waals surface area contributed by atoms with Gasteiger partial charge in [0.15, 0.2) is 0 Å². The highest BCUT2D eigenvalue weighted by atomic mass is 16.6. The van der Waals surface area contributed by atoms with E-state index in [2.05, 4.69) is 14.9 Å². The first-order valence-corrected chi connectivity index (χ1v) is 4.56. The van der Waals surface area contributed by atoms with Crippen molar-refractivity contribution >= 4 is 11.7 Å². The van der Waals surface area contributed by atoms with Crippen LogP contribution in [0.2, 0.25) is 0 Å². The molecule has 16 heavy (non-hydrogen) atoms. The Hall–Kier alpha value is -1.96. The minimum atomic E-state index is -0.637. The fraction of sp³-hybridized carbons (Fsp3) is 0.500. The zero-order valence-corrected chi connectivity index (χ0v) is 8.67. The summed E-state index contributed by atoms with van der Waals surface area (Å²) in [6.45, 7) is 0. The quantitative estimate of drug-likeness (QED) is 0.423. The van der Waals surface area contributed by atoms with Gasteiger partial charge in [-0.3, -0.25) is 20.0 Å². The predicted octanol–water partition coefficient (Wildman–Crippen LogP) is 0.271. The number of hydrogen-bond acceptors (Lipinski definition) is 6. The van der Waals surface area contributed by atoms with Crippen LogP contribution in [-0.2, 0) is 9.53 Å². The summed E-state index contributed by atoms with van der Waals surface area (Å²) in [6.07, 6.45) is 1.46. The van der Waals surface area contributed by atoms with E-state index in [0.717, 1.165) is 6.20 Å². The van der Waals surface area contributed by atoms with E-state index < -0.39 is 16.9 Å². The number of carbonyl (C=O) groups excluding carboxylic acids is 1. The lowest BCUT2D eigenvalue weighted by molar-refractivity contribution is -0.385. The first-order chi connectivity index (χ1) is 7.56. The van der Waals surface area contributed by atoms with E-state index in [1.54, 1.807) is 0 Å². The molecule has 88 valence electrons. The number of nitrogens with one attached hydrogen (secondary N) is 1. The first-order valence-electron chi connectivity index (χ1n) is 4.56. The van der Waals surface area contributed by atoms with Gasteiger partial charge in [0.1, 0.15) is 11.9 Å². The minimum Gasteiger partial charge on any atom is -0.469 e. The third-order valence-electron chi connectivity index (χ3n) is 2.10. The lowest BCUT2D eigenvalue weighted by Gasteiger charge is -2.07. The van der Waals surface area contributed by atoms with Crippen LogP contribution in [0.1, 0.15) is 24.6 Å². The Morgan fingerprint density at radius 3 is 3.06 bits per heavy atom. The Morgan fingerprint density at radius 2 is 2.50 bits per heavy atom. The van der Waals surface area contributed by atoms with Crippen LogP contribution in [-0.4, -0.2) is 28.2 Å². The Bertz CT molecular complexity index is 389. The maximum Gasteiger partial charge on any atom is 0.311 e. The van der Waals surface area contributed by atoms with E-state index >= 15 is 0 Å². The van der Waals surface area contributed by atoms with E-state index in [1.165, 1.54) is 7.11 Å². The molecule has 0 radical (unpaired) electrons. The zero-order valence-electron chi connectivity index (χ0n) is 8.67. The zero-order chi connectivity index (χ0) is 12.1. The molecule has 1 atom stereocenters. The monoisotopic (exact) mass is 228 g/mol. The van der Waals surface area contributed by atoms with Crippen molar-refractivity contribution in [1.82, 2.24) is 10.2 Å². The summed E-state index contributed by atoms with van der Waals surface area (Å²) in [6, 6.07) is -0.637. The topological polar surface area (TPSA) is 124 Å². The molecule has 0 saturated carbocycles. The predicted molar refractivity (Wildman–Crippen MR) is 53.4 cm³/mol. The number of nitro groups is 1. The maximum absolute atomic E-state index is 10.9. The van der Waals surface area contributed by atoms with Crippen molar-refractivity contribution in [2.45, 2.75) is 18.9 Å². The number of rotatable bonds is 5. The summed E-state index contributed by atoms with van der Waals surface area (Å²) in [7, 11) is 1.27. The largest absolute Gasteiger partial charge is 0.469 e. The van der Waals surface area contributed by atoms with Gasteiger partial charge in [0.05, 0.1) is 18.1 Å². The third-order valence-corrected chi connectivity index (χ3v) is 2.10. The number of esters is 1. The Balaban J connectivity index is 2.65. The number of hydrogen-bond donors (Lipinski definition) is 2. The second kappa shape index (κ2) is 5.21. The molecular formula is C8H12N4O4. The molecule has 8 nitrogen and oxygen atoms in total. The molecule has 0 spiro atoms. The van der Waals surface area contributed by atoms with Crippen LogP contribution in [0.4, 0.5) is 5.69 Å². The van der Waals surface area contributed by atoms with Crippen molar-refractivity contribution in [3.05, 3.63) is 22.0 Å². The van der Waals surface area contributed by atoms with E-state index in [1.807, 2.05) is 0 Å². The van der Waals surface area contributed by atoms with Gasteiger partial charge in [-0.2, -0.15) is 5.10 Å². The van der Waals surface area contributed by atoms with Gasteiger partial charge in [0, 0.05) is 6.42 Å². The van der Waals surface area contributed by atoms with Crippen molar-refractivity contribution in [1.29, 1.82) is 0 Å². The lowest BCUT2D eigenvalue weighted by Crippen LogP contribution is -2.14. The highest BCUT2D eigenvalue weighted by molar-refractivity contribution is 5.69. The second-order valence-electron chi connectivity index (χ2n) is 3.15. The summed E-state index contributed by atoms with van der Waals surface area (Å²) in [5.41, 5.74) is 5.75. The van der Waals surface area contributed by atoms with Crippen LogP contribution in [0.3, 0.4) is 0 Å². The Morgan fingerprint density at radius 1 is 1.81 bits per heavy atom. The molecule has 1 aromatic heterocycles. The number of aromatic nitrogens is 2. The summed E-state index contributed by atoms with van der Waals surface area (Å²) in [5, 5.41) is 16.6. The lowest BCUT2D eigenvalue weighted by atomic mass is 10.1. The van der Waals surface area contributed by atoms with Gasteiger partial charge in [-0.15, -0.1) is 0 Å². The minimum absolute atomic E-state index is 0.105. The molecular weight excluding hydrogens is 216 g/mol. The van der Waals surface area contributed by atoms with E-state index in [-0.39, 0.29) is 24.2 Å². The molecule has 1 aromatic rings. The fourth-order valence-corrected chi connectivity index (χ4v) is 1.23. The molecule has 1 rings (SSSR count).